The Hall–Kier alpha value is -2.66. The van der Waals surface area contributed by atoms with Crippen LogP contribution >= 0.6 is 0 Å². The van der Waals surface area contributed by atoms with Crippen molar-refractivity contribution < 1.29 is 14.3 Å². The maximum Gasteiger partial charge on any atom is 0.251 e. The lowest BCUT2D eigenvalue weighted by Gasteiger charge is -2.08. The smallest absolute Gasteiger partial charge is 0.251 e. The van der Waals surface area contributed by atoms with Gasteiger partial charge in [-0.05, 0) is 41.8 Å². The highest BCUT2D eigenvalue weighted by atomic mass is 16.5. The van der Waals surface area contributed by atoms with Gasteiger partial charge in [-0.3, -0.25) is 9.59 Å². The third kappa shape index (κ3) is 5.52. The van der Waals surface area contributed by atoms with Gasteiger partial charge in [-0.15, -0.1) is 0 Å². The van der Waals surface area contributed by atoms with Crippen LogP contribution in [-0.4, -0.2) is 25.5 Å². The summed E-state index contributed by atoms with van der Waals surface area (Å²) in [4.78, 5) is 23.1. The van der Waals surface area contributed by atoms with Crippen LogP contribution in [0.4, 0.5) is 5.69 Å². The standard InChI is InChI=1S/C19H22N2O3/c1-14(22)21-18-8-6-15(7-9-18)10-11-20-19(23)17-5-3-4-16(12-17)13-24-2/h3-9,12H,10-11,13H2,1-2H3,(H,20,23)(H,21,22). The summed E-state index contributed by atoms with van der Waals surface area (Å²) in [5.41, 5.74) is 3.46. The fourth-order valence-corrected chi connectivity index (χ4v) is 2.35. The normalized spacial score (nSPS) is 10.2. The van der Waals surface area contributed by atoms with E-state index >= 15 is 0 Å². The average Bonchev–Trinajstić information content (AvgIpc) is 2.56. The molecule has 0 aromatic heterocycles. The number of benzene rings is 2. The van der Waals surface area contributed by atoms with Crippen molar-refractivity contribution in [3.63, 3.8) is 0 Å². The Morgan fingerprint density at radius 3 is 2.46 bits per heavy atom. The molecule has 0 aliphatic heterocycles. The second-order valence-electron chi connectivity index (χ2n) is 5.52. The van der Waals surface area contributed by atoms with E-state index in [1.807, 2.05) is 42.5 Å². The number of hydrogen-bond acceptors (Lipinski definition) is 3. The minimum Gasteiger partial charge on any atom is -0.380 e. The van der Waals surface area contributed by atoms with Gasteiger partial charge in [-0.1, -0.05) is 24.3 Å². The highest BCUT2D eigenvalue weighted by Crippen LogP contribution is 2.10. The van der Waals surface area contributed by atoms with Gasteiger partial charge in [0, 0.05) is 31.8 Å². The summed E-state index contributed by atoms with van der Waals surface area (Å²) in [7, 11) is 1.63. The lowest BCUT2D eigenvalue weighted by Crippen LogP contribution is -2.25. The zero-order chi connectivity index (χ0) is 17.4. The van der Waals surface area contributed by atoms with E-state index in [4.69, 9.17) is 4.74 Å². The topological polar surface area (TPSA) is 67.4 Å². The van der Waals surface area contributed by atoms with Crippen molar-refractivity contribution in [2.75, 3.05) is 19.0 Å². The number of rotatable bonds is 7. The molecule has 126 valence electrons. The number of carbonyl (C=O) groups is 2. The molecule has 0 radical (unpaired) electrons. The summed E-state index contributed by atoms with van der Waals surface area (Å²) >= 11 is 0. The average molecular weight is 326 g/mol. The van der Waals surface area contributed by atoms with Gasteiger partial charge in [-0.25, -0.2) is 0 Å². The van der Waals surface area contributed by atoms with Crippen molar-refractivity contribution in [1.82, 2.24) is 5.32 Å². The fraction of sp³-hybridized carbons (Fsp3) is 0.263. The van der Waals surface area contributed by atoms with Crippen LogP contribution in [0.25, 0.3) is 0 Å². The van der Waals surface area contributed by atoms with Gasteiger partial charge in [0.1, 0.15) is 0 Å². The van der Waals surface area contributed by atoms with E-state index in [0.29, 0.717) is 18.7 Å². The van der Waals surface area contributed by atoms with E-state index in [0.717, 1.165) is 23.2 Å². The summed E-state index contributed by atoms with van der Waals surface area (Å²) in [6.07, 6.45) is 0.726. The summed E-state index contributed by atoms with van der Waals surface area (Å²) in [6, 6.07) is 15.0. The van der Waals surface area contributed by atoms with Crippen molar-refractivity contribution in [3.05, 3.63) is 65.2 Å². The second kappa shape index (κ2) is 8.84. The molecule has 0 unspecified atom stereocenters. The molecule has 5 heteroatoms. The molecule has 0 saturated heterocycles. The lowest BCUT2D eigenvalue weighted by molar-refractivity contribution is -0.114. The second-order valence-corrected chi connectivity index (χ2v) is 5.52. The van der Waals surface area contributed by atoms with E-state index in [9.17, 15) is 9.59 Å². The third-order valence-electron chi connectivity index (χ3n) is 3.47. The molecule has 5 nitrogen and oxygen atoms in total. The highest BCUT2D eigenvalue weighted by molar-refractivity contribution is 5.94. The monoisotopic (exact) mass is 326 g/mol. The highest BCUT2D eigenvalue weighted by Gasteiger charge is 2.06. The Morgan fingerprint density at radius 2 is 1.79 bits per heavy atom. The Bertz CT molecular complexity index is 696. The molecule has 2 rings (SSSR count). The van der Waals surface area contributed by atoms with Gasteiger partial charge in [-0.2, -0.15) is 0 Å². The lowest BCUT2D eigenvalue weighted by atomic mass is 10.1. The number of nitrogens with one attached hydrogen (secondary N) is 2. The predicted molar refractivity (Wildman–Crippen MR) is 93.9 cm³/mol. The van der Waals surface area contributed by atoms with Crippen LogP contribution in [0.1, 0.15) is 28.4 Å². The van der Waals surface area contributed by atoms with Crippen molar-refractivity contribution in [3.8, 4) is 0 Å². The number of carbonyl (C=O) groups excluding carboxylic acids is 2. The maximum absolute atomic E-state index is 12.2. The first-order valence-corrected chi connectivity index (χ1v) is 7.81. The molecule has 0 saturated carbocycles. The summed E-state index contributed by atoms with van der Waals surface area (Å²) in [5, 5.41) is 5.64. The Balaban J connectivity index is 1.84. The van der Waals surface area contributed by atoms with Crippen molar-refractivity contribution in [2.24, 2.45) is 0 Å². The fourth-order valence-electron chi connectivity index (χ4n) is 2.35. The molecule has 0 heterocycles. The maximum atomic E-state index is 12.2. The first-order valence-electron chi connectivity index (χ1n) is 7.81. The van der Waals surface area contributed by atoms with Crippen molar-refractivity contribution in [2.45, 2.75) is 20.0 Å². The van der Waals surface area contributed by atoms with E-state index in [1.54, 1.807) is 13.2 Å². The Kier molecular flexibility index (Phi) is 6.51. The van der Waals surface area contributed by atoms with Crippen LogP contribution in [0.15, 0.2) is 48.5 Å². The van der Waals surface area contributed by atoms with Gasteiger partial charge in [0.25, 0.3) is 5.91 Å². The molecular formula is C19H22N2O3. The van der Waals surface area contributed by atoms with Gasteiger partial charge in [0.2, 0.25) is 5.91 Å². The summed E-state index contributed by atoms with van der Waals surface area (Å²) in [6.45, 7) is 2.51. The van der Waals surface area contributed by atoms with Gasteiger partial charge >= 0.3 is 0 Å². The van der Waals surface area contributed by atoms with Crippen LogP contribution in [0.3, 0.4) is 0 Å². The van der Waals surface area contributed by atoms with E-state index in [-0.39, 0.29) is 11.8 Å². The van der Waals surface area contributed by atoms with Crippen molar-refractivity contribution in [1.29, 1.82) is 0 Å². The quantitative estimate of drug-likeness (QED) is 0.822. The molecule has 2 amide bonds. The van der Waals surface area contributed by atoms with Crippen LogP contribution in [0, 0.1) is 0 Å². The van der Waals surface area contributed by atoms with E-state index < -0.39 is 0 Å². The largest absolute Gasteiger partial charge is 0.380 e. The molecule has 2 aromatic rings. The Morgan fingerprint density at radius 1 is 1.04 bits per heavy atom. The first kappa shape index (κ1) is 17.7. The Labute approximate surface area is 142 Å². The predicted octanol–water partition coefficient (Wildman–Crippen LogP) is 2.76. The molecule has 2 N–H and O–H groups in total. The van der Waals surface area contributed by atoms with E-state index in [1.165, 1.54) is 6.92 Å². The minimum atomic E-state index is -0.0946. The number of anilines is 1. The van der Waals surface area contributed by atoms with Gasteiger partial charge in [0.05, 0.1) is 6.61 Å². The molecule has 24 heavy (non-hydrogen) atoms. The summed E-state index contributed by atoms with van der Waals surface area (Å²) < 4.78 is 5.08. The number of methoxy groups -OCH3 is 1. The van der Waals surface area contributed by atoms with Crippen LogP contribution < -0.4 is 10.6 Å². The molecule has 0 bridgehead atoms. The van der Waals surface area contributed by atoms with Crippen molar-refractivity contribution >= 4 is 17.5 Å². The SMILES string of the molecule is COCc1cccc(C(=O)NCCc2ccc(NC(C)=O)cc2)c1. The van der Waals surface area contributed by atoms with E-state index in [2.05, 4.69) is 10.6 Å². The summed E-state index contributed by atoms with van der Waals surface area (Å²) in [5.74, 6) is -0.187. The molecular weight excluding hydrogens is 304 g/mol. The third-order valence-corrected chi connectivity index (χ3v) is 3.47. The minimum absolute atomic E-state index is 0.0919. The molecule has 0 spiro atoms. The van der Waals surface area contributed by atoms with Crippen LogP contribution in [-0.2, 0) is 22.6 Å². The van der Waals surface area contributed by atoms with Gasteiger partial charge in [0.15, 0.2) is 0 Å². The molecule has 0 atom stereocenters. The number of amides is 2. The van der Waals surface area contributed by atoms with Crippen LogP contribution in [0.5, 0.6) is 0 Å². The molecule has 0 aliphatic rings. The number of ether oxygens (including phenoxy) is 1. The number of hydrogen-bond donors (Lipinski definition) is 2. The molecule has 0 fully saturated rings. The van der Waals surface area contributed by atoms with Crippen LogP contribution in [0.2, 0.25) is 0 Å². The molecule has 2 aromatic carbocycles. The van der Waals surface area contributed by atoms with Gasteiger partial charge < -0.3 is 15.4 Å². The zero-order valence-electron chi connectivity index (χ0n) is 14.0. The zero-order valence-corrected chi connectivity index (χ0v) is 14.0. The molecule has 0 aliphatic carbocycles. The first-order chi connectivity index (χ1) is 11.6.